The van der Waals surface area contributed by atoms with Crippen LogP contribution in [0.1, 0.15) is 123 Å². The lowest BCUT2D eigenvalue weighted by Crippen LogP contribution is -2.23. The molecule has 2 atom stereocenters. The molecule has 0 saturated carbocycles. The van der Waals surface area contributed by atoms with Gasteiger partial charge in [0.05, 0.1) is 33.5 Å². The average Bonchev–Trinajstić information content (AvgIpc) is 3.50. The predicted molar refractivity (Wildman–Crippen MR) is 159 cm³/mol. The van der Waals surface area contributed by atoms with Crippen LogP contribution in [0.4, 0.5) is 0 Å². The Morgan fingerprint density at radius 2 is 1.24 bits per heavy atom. The number of carbonyl (C=O) groups is 2. The molecule has 3 aromatic rings. The van der Waals surface area contributed by atoms with Crippen LogP contribution in [-0.4, -0.2) is 20.9 Å². The Morgan fingerprint density at radius 3 is 1.58 bits per heavy atom. The number of rotatable bonds is 4. The number of imide groups is 1. The molecule has 1 fully saturated rings. The summed E-state index contributed by atoms with van der Waals surface area (Å²) in [5.74, 6) is -0.717. The van der Waals surface area contributed by atoms with E-state index >= 15 is 0 Å². The Bertz CT molecular complexity index is 1400. The maximum atomic E-state index is 13.2. The second-order valence-electron chi connectivity index (χ2n) is 9.41. The molecule has 3 aliphatic heterocycles. The quantitative estimate of drug-likeness (QED) is 0.356. The highest BCUT2D eigenvalue weighted by atomic mass is 16.5. The molecule has 2 amide bonds. The van der Waals surface area contributed by atoms with E-state index in [0.717, 1.165) is 63.6 Å². The molecule has 200 valence electrons. The first-order chi connectivity index (χ1) is 18.5. The van der Waals surface area contributed by atoms with Crippen LogP contribution in [-0.2, 0) is 4.74 Å². The zero-order valence-electron chi connectivity index (χ0n) is 23.5. The van der Waals surface area contributed by atoms with Crippen LogP contribution < -0.4 is 5.32 Å². The molecule has 6 nitrogen and oxygen atoms in total. The largest absolute Gasteiger partial charge is 0.335 e. The Morgan fingerprint density at radius 1 is 0.842 bits per heavy atom. The summed E-state index contributed by atoms with van der Waals surface area (Å²) in [7, 11) is 0. The third-order valence-electron chi connectivity index (χ3n) is 7.07. The molecule has 1 aromatic carbocycles. The number of hydrogen-bond acceptors (Lipinski definition) is 3. The SMILES string of the molecule is C=Cc1c(/C=C\C)c2c3c(c4c(/C=C\C)c(C=C)n5c4c2n1C1CCCC5O1)C(=O)NC3=O.CC.CCC. The average molecular weight is 514 g/mol. The van der Waals surface area contributed by atoms with E-state index < -0.39 is 0 Å². The Hall–Kier alpha value is -3.64. The minimum absolute atomic E-state index is 0.178. The van der Waals surface area contributed by atoms with E-state index in [9.17, 15) is 9.59 Å². The molecule has 2 unspecified atom stereocenters. The van der Waals surface area contributed by atoms with E-state index in [2.05, 4.69) is 41.5 Å². The number of aromatic nitrogens is 2. The highest BCUT2D eigenvalue weighted by molar-refractivity contribution is 6.35. The van der Waals surface area contributed by atoms with Crippen LogP contribution in [0, 0.1) is 0 Å². The van der Waals surface area contributed by atoms with Gasteiger partial charge in [0.2, 0.25) is 0 Å². The van der Waals surface area contributed by atoms with Gasteiger partial charge in [-0.05, 0) is 45.3 Å². The van der Waals surface area contributed by atoms with Crippen LogP contribution in [0.2, 0.25) is 0 Å². The van der Waals surface area contributed by atoms with Gasteiger partial charge >= 0.3 is 0 Å². The summed E-state index contributed by atoms with van der Waals surface area (Å²) in [6, 6.07) is 0. The second kappa shape index (κ2) is 11.0. The summed E-state index contributed by atoms with van der Waals surface area (Å²) < 4.78 is 11.0. The highest BCUT2D eigenvalue weighted by Crippen LogP contribution is 2.51. The van der Waals surface area contributed by atoms with Crippen molar-refractivity contribution in [1.29, 1.82) is 0 Å². The molecule has 2 aromatic heterocycles. The smallest absolute Gasteiger partial charge is 0.259 e. The molecule has 1 N–H and O–H groups in total. The zero-order chi connectivity index (χ0) is 27.7. The second-order valence-corrected chi connectivity index (χ2v) is 9.41. The van der Waals surface area contributed by atoms with E-state index in [-0.39, 0.29) is 24.3 Å². The normalized spacial score (nSPS) is 19.3. The summed E-state index contributed by atoms with van der Waals surface area (Å²) >= 11 is 0. The van der Waals surface area contributed by atoms with Gasteiger partial charge < -0.3 is 13.9 Å². The van der Waals surface area contributed by atoms with E-state index in [0.29, 0.717) is 11.1 Å². The molecule has 0 spiro atoms. The van der Waals surface area contributed by atoms with Gasteiger partial charge in [-0.3, -0.25) is 14.9 Å². The fraction of sp³-hybridized carbons (Fsp3) is 0.375. The van der Waals surface area contributed by atoms with Gasteiger partial charge in [0, 0.05) is 21.9 Å². The number of benzene rings is 1. The van der Waals surface area contributed by atoms with Crippen molar-refractivity contribution in [3.8, 4) is 0 Å². The van der Waals surface area contributed by atoms with Gasteiger partial charge in [-0.15, -0.1) is 0 Å². The number of amides is 2. The van der Waals surface area contributed by atoms with Crippen LogP contribution >= 0.6 is 0 Å². The molecule has 0 aliphatic carbocycles. The maximum Gasteiger partial charge on any atom is 0.259 e. The van der Waals surface area contributed by atoms with Crippen molar-refractivity contribution in [2.75, 3.05) is 0 Å². The lowest BCUT2D eigenvalue weighted by atomic mass is 9.94. The lowest BCUT2D eigenvalue weighted by molar-refractivity contribution is -0.118. The number of fused-ring (bicyclic) bond motifs is 7. The van der Waals surface area contributed by atoms with Crippen molar-refractivity contribution in [3.63, 3.8) is 0 Å². The molecular formula is C32H39N3O3. The summed E-state index contributed by atoms with van der Waals surface area (Å²) in [6.07, 6.45) is 15.2. The number of nitrogens with one attached hydrogen (secondary N) is 1. The summed E-state index contributed by atoms with van der Waals surface area (Å²) in [5, 5.41) is 4.12. The molecule has 2 bridgehead atoms. The Labute approximate surface area is 225 Å². The first-order valence-corrected chi connectivity index (χ1v) is 13.8. The molecule has 38 heavy (non-hydrogen) atoms. The number of carbonyl (C=O) groups excluding carboxylic acids is 2. The van der Waals surface area contributed by atoms with Gasteiger partial charge in [-0.2, -0.15) is 0 Å². The van der Waals surface area contributed by atoms with Gasteiger partial charge in [0.25, 0.3) is 11.8 Å². The summed E-state index contributed by atoms with van der Waals surface area (Å²) in [6.45, 7) is 20.3. The third kappa shape index (κ3) is 3.73. The van der Waals surface area contributed by atoms with Crippen LogP contribution in [0.25, 0.3) is 46.1 Å². The lowest BCUT2D eigenvalue weighted by Gasteiger charge is -2.31. The van der Waals surface area contributed by atoms with Crippen molar-refractivity contribution in [3.05, 3.63) is 59.0 Å². The zero-order valence-corrected chi connectivity index (χ0v) is 23.5. The van der Waals surface area contributed by atoms with E-state index in [1.54, 1.807) is 0 Å². The minimum atomic E-state index is -0.358. The first-order valence-electron chi connectivity index (χ1n) is 13.8. The van der Waals surface area contributed by atoms with Gasteiger partial charge in [0.15, 0.2) is 0 Å². The molecule has 0 radical (unpaired) electrons. The summed E-state index contributed by atoms with van der Waals surface area (Å²) in [4.78, 5) is 26.4. The molecule has 3 aliphatic rings. The number of hydrogen-bond donors (Lipinski definition) is 1. The van der Waals surface area contributed by atoms with Crippen LogP contribution in [0.15, 0.2) is 25.3 Å². The number of ether oxygens (including phenoxy) is 1. The fourth-order valence-electron chi connectivity index (χ4n) is 6.01. The van der Waals surface area contributed by atoms with Gasteiger partial charge in [-0.25, -0.2) is 0 Å². The van der Waals surface area contributed by atoms with Crippen molar-refractivity contribution in [1.82, 2.24) is 14.5 Å². The van der Waals surface area contributed by atoms with Crippen molar-refractivity contribution in [2.24, 2.45) is 0 Å². The topological polar surface area (TPSA) is 65.3 Å². The highest BCUT2D eigenvalue weighted by Gasteiger charge is 2.42. The third-order valence-corrected chi connectivity index (χ3v) is 7.07. The predicted octanol–water partition coefficient (Wildman–Crippen LogP) is 8.49. The summed E-state index contributed by atoms with van der Waals surface area (Å²) in [5.41, 5.74) is 6.29. The van der Waals surface area contributed by atoms with E-state index in [4.69, 9.17) is 4.74 Å². The van der Waals surface area contributed by atoms with Gasteiger partial charge in [0.1, 0.15) is 12.5 Å². The van der Waals surface area contributed by atoms with E-state index in [1.807, 2.05) is 64.2 Å². The Kier molecular flexibility index (Phi) is 7.93. The fourth-order valence-corrected chi connectivity index (χ4v) is 6.01. The molecule has 5 heterocycles. The number of nitrogens with zero attached hydrogens (tertiary/aromatic N) is 2. The molecule has 6 rings (SSSR count). The van der Waals surface area contributed by atoms with Crippen LogP contribution in [0.5, 0.6) is 0 Å². The molecule has 1 saturated heterocycles. The first kappa shape index (κ1) is 27.4. The van der Waals surface area contributed by atoms with Crippen molar-refractivity contribution >= 4 is 57.9 Å². The minimum Gasteiger partial charge on any atom is -0.335 e. The molecule has 6 heteroatoms. The maximum absolute atomic E-state index is 13.2. The van der Waals surface area contributed by atoms with Crippen molar-refractivity contribution in [2.45, 2.75) is 79.7 Å². The Balaban J connectivity index is 0.000000630. The number of allylic oxidation sites excluding steroid dienone is 2. The van der Waals surface area contributed by atoms with E-state index in [1.165, 1.54) is 6.42 Å². The monoisotopic (exact) mass is 513 g/mol. The molecular weight excluding hydrogens is 474 g/mol. The van der Waals surface area contributed by atoms with Crippen molar-refractivity contribution < 1.29 is 14.3 Å². The van der Waals surface area contributed by atoms with Crippen LogP contribution in [0.3, 0.4) is 0 Å². The standard InChI is InChI=1S/C27H25N3O3.C3H8.C2H6/c1-5-10-14-16(7-3)29-18-12-9-13-19(33-18)30-17(8-4)15(11-6-2)21-23-22(26(31)28-27(23)32)20(14)24(29)25(21)30;1-3-2;1-2/h5-8,10-11,18-19H,3-4,9,12-13H2,1-2H3,(H,28,31,32);3H2,1-2H3;1-2H3/b10-5-,11-6-;;. The van der Waals surface area contributed by atoms with Gasteiger partial charge in [-0.1, -0.05) is 71.6 Å².